The van der Waals surface area contributed by atoms with Gasteiger partial charge in [0.1, 0.15) is 0 Å². The van der Waals surface area contributed by atoms with Crippen molar-refractivity contribution in [3.8, 4) is 0 Å². The van der Waals surface area contributed by atoms with Gasteiger partial charge in [0.25, 0.3) is 5.91 Å². The molecule has 0 spiro atoms. The molecule has 8 heteroatoms. The van der Waals surface area contributed by atoms with Crippen molar-refractivity contribution in [3.63, 3.8) is 0 Å². The van der Waals surface area contributed by atoms with E-state index in [1.54, 1.807) is 10.7 Å². The van der Waals surface area contributed by atoms with Crippen molar-refractivity contribution in [1.29, 1.82) is 0 Å². The van der Waals surface area contributed by atoms with Crippen LogP contribution in [0.3, 0.4) is 0 Å². The van der Waals surface area contributed by atoms with Gasteiger partial charge < -0.3 is 5.32 Å². The quantitative estimate of drug-likeness (QED) is 0.900. The molecule has 0 bridgehead atoms. The van der Waals surface area contributed by atoms with E-state index in [4.69, 9.17) is 11.6 Å². The fourth-order valence-electron chi connectivity index (χ4n) is 3.23. The maximum absolute atomic E-state index is 12.6. The summed E-state index contributed by atoms with van der Waals surface area (Å²) in [5.41, 5.74) is 2.57. The Morgan fingerprint density at radius 1 is 1.40 bits per heavy atom. The Balaban J connectivity index is 1.64. The van der Waals surface area contributed by atoms with E-state index in [0.29, 0.717) is 10.6 Å². The lowest BCUT2D eigenvalue weighted by Crippen LogP contribution is -2.38. The van der Waals surface area contributed by atoms with Crippen LogP contribution >= 0.6 is 11.6 Å². The van der Waals surface area contributed by atoms with Gasteiger partial charge in [-0.15, -0.1) is 5.10 Å². The predicted molar refractivity (Wildman–Crippen MR) is 95.6 cm³/mol. The van der Waals surface area contributed by atoms with Crippen molar-refractivity contribution in [3.05, 3.63) is 39.7 Å². The Bertz CT molecular complexity index is 789. The maximum atomic E-state index is 12.6. The van der Waals surface area contributed by atoms with Crippen molar-refractivity contribution in [2.24, 2.45) is 7.05 Å². The second-order valence-electron chi connectivity index (χ2n) is 6.66. The number of aromatic nitrogens is 4. The number of amides is 1. The zero-order valence-electron chi connectivity index (χ0n) is 15.0. The highest BCUT2D eigenvalue weighted by Gasteiger charge is 2.30. The number of carbonyl (C=O) groups excluding carboxylic acids is 1. The van der Waals surface area contributed by atoms with Crippen LogP contribution in [-0.2, 0) is 7.05 Å². The van der Waals surface area contributed by atoms with Gasteiger partial charge in [-0.1, -0.05) is 17.7 Å². The molecule has 1 amide bonds. The lowest BCUT2D eigenvalue weighted by molar-refractivity contribution is 0.0936. The first-order chi connectivity index (χ1) is 11.9. The fourth-order valence-corrected chi connectivity index (χ4v) is 3.53. The normalized spacial score (nSPS) is 19.2. The molecule has 134 valence electrons. The van der Waals surface area contributed by atoms with Crippen LogP contribution in [0.5, 0.6) is 0 Å². The molecule has 7 nitrogen and oxygen atoms in total. The minimum absolute atomic E-state index is 0.0915. The number of tetrazole rings is 1. The van der Waals surface area contributed by atoms with E-state index in [9.17, 15) is 4.79 Å². The summed E-state index contributed by atoms with van der Waals surface area (Å²) in [5, 5.41) is 15.3. The number of benzene rings is 1. The molecular weight excluding hydrogens is 340 g/mol. The van der Waals surface area contributed by atoms with Crippen molar-refractivity contribution in [2.75, 3.05) is 13.1 Å². The van der Waals surface area contributed by atoms with Crippen LogP contribution in [0.15, 0.2) is 12.1 Å². The van der Waals surface area contributed by atoms with Crippen LogP contribution in [0, 0.1) is 13.8 Å². The molecule has 1 aliphatic rings. The standard InChI is InChI=1S/C17H23ClN6O/c1-10-5-6-14(15(18)11(10)2)17(25)19-13-7-8-24(9-13)12(3)16-20-21-22-23(16)4/h5-6,12-13H,7-9H2,1-4H3,(H,19,25). The van der Waals surface area contributed by atoms with Gasteiger partial charge in [-0.2, -0.15) is 0 Å². The molecule has 2 atom stereocenters. The molecule has 0 saturated carbocycles. The van der Waals surface area contributed by atoms with Crippen molar-refractivity contribution >= 4 is 17.5 Å². The zero-order chi connectivity index (χ0) is 18.1. The highest BCUT2D eigenvalue weighted by atomic mass is 35.5. The van der Waals surface area contributed by atoms with Gasteiger partial charge >= 0.3 is 0 Å². The second-order valence-corrected chi connectivity index (χ2v) is 7.04. The molecule has 0 radical (unpaired) electrons. The maximum Gasteiger partial charge on any atom is 0.253 e. The van der Waals surface area contributed by atoms with Crippen LogP contribution in [0.25, 0.3) is 0 Å². The number of aryl methyl sites for hydroxylation is 2. The minimum Gasteiger partial charge on any atom is -0.348 e. The van der Waals surface area contributed by atoms with Crippen molar-refractivity contribution in [2.45, 2.75) is 39.3 Å². The summed E-state index contributed by atoms with van der Waals surface area (Å²) in [6.07, 6.45) is 0.893. The molecule has 3 rings (SSSR count). The number of carbonyl (C=O) groups is 1. The van der Waals surface area contributed by atoms with Crippen LogP contribution in [-0.4, -0.2) is 50.1 Å². The molecule has 1 aromatic heterocycles. The molecule has 1 aliphatic heterocycles. The smallest absolute Gasteiger partial charge is 0.253 e. The monoisotopic (exact) mass is 362 g/mol. The summed E-state index contributed by atoms with van der Waals surface area (Å²) >= 11 is 6.35. The molecular formula is C17H23ClN6O. The molecule has 0 aliphatic carbocycles. The number of halogens is 1. The third kappa shape index (κ3) is 3.52. The summed E-state index contributed by atoms with van der Waals surface area (Å²) in [4.78, 5) is 14.9. The van der Waals surface area contributed by atoms with Crippen LogP contribution < -0.4 is 5.32 Å². The zero-order valence-corrected chi connectivity index (χ0v) is 15.7. The third-order valence-electron chi connectivity index (χ3n) is 5.03. The SMILES string of the molecule is Cc1ccc(C(=O)NC2CCN(C(C)c3nnnn3C)C2)c(Cl)c1C. The van der Waals surface area contributed by atoms with Gasteiger partial charge in [-0.05, 0) is 54.8 Å². The summed E-state index contributed by atoms with van der Waals surface area (Å²) in [6, 6.07) is 3.92. The lowest BCUT2D eigenvalue weighted by Gasteiger charge is -2.23. The summed E-state index contributed by atoms with van der Waals surface area (Å²) < 4.78 is 1.69. The van der Waals surface area contributed by atoms with E-state index in [2.05, 4.69) is 32.7 Å². The predicted octanol–water partition coefficient (Wildman–Crippen LogP) is 2.05. The molecule has 1 aromatic carbocycles. The average molecular weight is 363 g/mol. The Kier molecular flexibility index (Phi) is 5.06. The lowest BCUT2D eigenvalue weighted by atomic mass is 10.1. The van der Waals surface area contributed by atoms with Crippen LogP contribution in [0.1, 0.15) is 46.7 Å². The Hall–Kier alpha value is -1.99. The van der Waals surface area contributed by atoms with Gasteiger partial charge in [0.15, 0.2) is 5.82 Å². The van der Waals surface area contributed by atoms with E-state index in [1.807, 2.05) is 27.0 Å². The first-order valence-corrected chi connectivity index (χ1v) is 8.79. The van der Waals surface area contributed by atoms with E-state index >= 15 is 0 Å². The Labute approximate surface area is 152 Å². The molecule has 1 N–H and O–H groups in total. The molecule has 2 heterocycles. The number of hydrogen-bond acceptors (Lipinski definition) is 5. The minimum atomic E-state index is -0.118. The number of rotatable bonds is 4. The molecule has 1 fully saturated rings. The van der Waals surface area contributed by atoms with Crippen molar-refractivity contribution in [1.82, 2.24) is 30.4 Å². The van der Waals surface area contributed by atoms with Gasteiger partial charge in [0.2, 0.25) is 0 Å². The van der Waals surface area contributed by atoms with E-state index in [-0.39, 0.29) is 18.0 Å². The fraction of sp³-hybridized carbons (Fsp3) is 0.529. The summed E-state index contributed by atoms with van der Waals surface area (Å²) in [7, 11) is 1.84. The van der Waals surface area contributed by atoms with E-state index in [0.717, 1.165) is 36.5 Å². The first-order valence-electron chi connectivity index (χ1n) is 8.41. The highest BCUT2D eigenvalue weighted by molar-refractivity contribution is 6.34. The Morgan fingerprint density at radius 2 is 2.16 bits per heavy atom. The largest absolute Gasteiger partial charge is 0.348 e. The molecule has 2 unspecified atom stereocenters. The van der Waals surface area contributed by atoms with Crippen LogP contribution in [0.2, 0.25) is 5.02 Å². The highest BCUT2D eigenvalue weighted by Crippen LogP contribution is 2.25. The Morgan fingerprint density at radius 3 is 2.84 bits per heavy atom. The molecule has 25 heavy (non-hydrogen) atoms. The number of hydrogen-bond donors (Lipinski definition) is 1. The third-order valence-corrected chi connectivity index (χ3v) is 5.52. The molecule has 2 aromatic rings. The van der Waals surface area contributed by atoms with Gasteiger partial charge in [-0.3, -0.25) is 9.69 Å². The second kappa shape index (κ2) is 7.09. The van der Waals surface area contributed by atoms with Gasteiger partial charge in [-0.25, -0.2) is 4.68 Å². The average Bonchev–Trinajstić information content (AvgIpc) is 3.21. The summed E-state index contributed by atoms with van der Waals surface area (Å²) in [6.45, 7) is 7.65. The van der Waals surface area contributed by atoms with Gasteiger partial charge in [0.05, 0.1) is 16.6 Å². The molecule has 1 saturated heterocycles. The number of nitrogens with zero attached hydrogens (tertiary/aromatic N) is 5. The topological polar surface area (TPSA) is 75.9 Å². The van der Waals surface area contributed by atoms with Crippen LogP contribution in [0.4, 0.5) is 0 Å². The van der Waals surface area contributed by atoms with Crippen molar-refractivity contribution < 1.29 is 4.79 Å². The van der Waals surface area contributed by atoms with E-state index in [1.165, 1.54) is 0 Å². The summed E-state index contributed by atoms with van der Waals surface area (Å²) in [5.74, 6) is 0.706. The first kappa shape index (κ1) is 17.8. The number of likely N-dealkylation sites (tertiary alicyclic amines) is 1. The van der Waals surface area contributed by atoms with Gasteiger partial charge in [0, 0.05) is 26.2 Å². The van der Waals surface area contributed by atoms with E-state index < -0.39 is 0 Å². The number of nitrogens with one attached hydrogen (secondary N) is 1.